The lowest BCUT2D eigenvalue weighted by Gasteiger charge is -2.30. The molecule has 1 aliphatic rings. The van der Waals surface area contributed by atoms with Crippen LogP contribution >= 0.6 is 0 Å². The van der Waals surface area contributed by atoms with Crippen LogP contribution in [0.15, 0.2) is 79.1 Å². The number of hydrogen-bond donors (Lipinski definition) is 4. The molecule has 0 spiro atoms. The molecule has 20 heteroatoms. The summed E-state index contributed by atoms with van der Waals surface area (Å²) in [4.78, 5) is 44.0. The van der Waals surface area contributed by atoms with Crippen molar-refractivity contribution in [2.24, 2.45) is 0 Å². The monoisotopic (exact) mass is 863 g/mol. The highest BCUT2D eigenvalue weighted by atomic mass is 19.4. The minimum Gasteiger partial charge on any atom is -0.487 e. The Morgan fingerprint density at radius 2 is 1.56 bits per heavy atom. The first kappa shape index (κ1) is 47.2. The van der Waals surface area contributed by atoms with Crippen molar-refractivity contribution in [3.63, 3.8) is 0 Å². The van der Waals surface area contributed by atoms with Crippen LogP contribution < -0.4 is 15.8 Å². The summed E-state index contributed by atoms with van der Waals surface area (Å²) in [5.41, 5.74) is 9.80. The Bertz CT molecular complexity index is 2270. The van der Waals surface area contributed by atoms with Crippen molar-refractivity contribution in [1.29, 1.82) is 0 Å². The van der Waals surface area contributed by atoms with Crippen molar-refractivity contribution in [2.75, 3.05) is 45.3 Å². The zero-order valence-electron chi connectivity index (χ0n) is 33.4. The van der Waals surface area contributed by atoms with E-state index >= 15 is 4.39 Å². The summed E-state index contributed by atoms with van der Waals surface area (Å²) < 4.78 is 88.6. The number of carboxylic acid groups (broad SMARTS) is 2. The van der Waals surface area contributed by atoms with E-state index in [1.807, 2.05) is 84.4 Å². The van der Waals surface area contributed by atoms with Crippen LogP contribution in [0.1, 0.15) is 42.8 Å². The van der Waals surface area contributed by atoms with Gasteiger partial charge in [-0.15, -0.1) is 0 Å². The molecule has 1 atom stereocenters. The summed E-state index contributed by atoms with van der Waals surface area (Å²) in [7, 11) is 5.53. The number of amides is 1. The molecule has 5 N–H and O–H groups in total. The number of piperidine rings is 1. The minimum absolute atomic E-state index is 0.0360. The number of pyridine rings is 1. The molecule has 61 heavy (non-hydrogen) atoms. The standard InChI is InChI=1S/C37H42FN7O2.2C2HF3O2/c1-5-24-19-30(34(38)32(20-24)47-28-14-17-44(4)18-15-28)35(41-27-11-12-29-26(21-27)13-16-40-36(29)39)37-42-31(25-9-7-6-8-10-25)22-45(37)23-33(46)43(2)3;2*3-2(4,5)1(6)7/h6-13,16,19-22,28,35,41H,5,14-15,17-18,23H2,1-4H3,(H2,39,40);2*(H,6,7). The second-order valence-corrected chi connectivity index (χ2v) is 14.1. The van der Waals surface area contributed by atoms with Gasteiger partial charge in [0.05, 0.1) is 5.69 Å². The van der Waals surface area contributed by atoms with Crippen molar-refractivity contribution in [1.82, 2.24) is 24.3 Å². The number of hydrogen-bond acceptors (Lipinski definition) is 9. The molecular formula is C41H44F7N7O6. The van der Waals surface area contributed by atoms with Gasteiger partial charge in [-0.2, -0.15) is 26.3 Å². The largest absolute Gasteiger partial charge is 0.490 e. The average Bonchev–Trinajstić information content (AvgIpc) is 3.62. The van der Waals surface area contributed by atoms with Gasteiger partial charge in [0.1, 0.15) is 30.3 Å². The maximum atomic E-state index is 16.9. The Balaban J connectivity index is 0.000000504. The van der Waals surface area contributed by atoms with E-state index in [1.54, 1.807) is 25.2 Å². The van der Waals surface area contributed by atoms with Crippen molar-refractivity contribution >= 4 is 40.1 Å². The Kier molecular flexibility index (Phi) is 15.7. The molecule has 6 rings (SSSR count). The number of carbonyl (C=O) groups is 3. The van der Waals surface area contributed by atoms with Crippen LogP contribution in [-0.4, -0.2) is 105 Å². The summed E-state index contributed by atoms with van der Waals surface area (Å²) >= 11 is 0. The van der Waals surface area contributed by atoms with E-state index in [2.05, 4.69) is 22.2 Å². The highest BCUT2D eigenvalue weighted by Crippen LogP contribution is 2.37. The second-order valence-electron chi connectivity index (χ2n) is 14.1. The SMILES string of the molecule is CCc1cc(OC2CCN(C)CC2)c(F)c(C(Nc2ccc3c(N)nccc3c2)c2nc(-c3ccccc3)cn2CC(=O)N(C)C)c1.O=C(O)C(F)(F)F.O=C(O)C(F)(F)F. The van der Waals surface area contributed by atoms with Gasteiger partial charge in [0.15, 0.2) is 11.6 Å². The number of carbonyl (C=O) groups excluding carboxylic acids is 1. The van der Waals surface area contributed by atoms with Crippen LogP contribution in [0.5, 0.6) is 5.75 Å². The topological polar surface area (TPSA) is 176 Å². The molecule has 1 saturated heterocycles. The molecule has 5 aromatic rings. The minimum atomic E-state index is -5.08. The average molecular weight is 864 g/mol. The molecule has 0 radical (unpaired) electrons. The smallest absolute Gasteiger partial charge is 0.487 e. The molecule has 328 valence electrons. The molecule has 13 nitrogen and oxygen atoms in total. The number of nitrogens with one attached hydrogen (secondary N) is 1. The fraction of sp³-hybridized carbons (Fsp3) is 0.341. The van der Waals surface area contributed by atoms with E-state index in [-0.39, 0.29) is 24.3 Å². The van der Waals surface area contributed by atoms with Crippen molar-refractivity contribution in [3.05, 3.63) is 102 Å². The number of nitrogens with zero attached hydrogens (tertiary/aromatic N) is 5. The second kappa shape index (κ2) is 20.2. The number of halogens is 7. The van der Waals surface area contributed by atoms with Crippen LogP contribution in [0.25, 0.3) is 22.0 Å². The van der Waals surface area contributed by atoms with Crippen LogP contribution in [0, 0.1) is 5.82 Å². The molecule has 1 aliphatic heterocycles. The highest BCUT2D eigenvalue weighted by molar-refractivity contribution is 5.93. The van der Waals surface area contributed by atoms with Crippen LogP contribution in [0.4, 0.5) is 42.2 Å². The number of aliphatic carboxylic acids is 2. The first-order valence-electron chi connectivity index (χ1n) is 18.6. The van der Waals surface area contributed by atoms with Gasteiger partial charge >= 0.3 is 24.3 Å². The molecule has 0 aliphatic carbocycles. The normalized spacial score (nSPS) is 13.9. The lowest BCUT2D eigenvalue weighted by molar-refractivity contribution is -0.193. The van der Waals surface area contributed by atoms with E-state index in [0.29, 0.717) is 29.3 Å². The Morgan fingerprint density at radius 3 is 2.11 bits per heavy atom. The number of nitrogen functional groups attached to an aromatic ring is 1. The molecule has 0 saturated carbocycles. The third kappa shape index (κ3) is 13.0. The number of aromatic nitrogens is 3. The molecule has 1 fully saturated rings. The van der Waals surface area contributed by atoms with Gasteiger partial charge in [0.25, 0.3) is 0 Å². The fourth-order valence-corrected chi connectivity index (χ4v) is 6.02. The van der Waals surface area contributed by atoms with Crippen molar-refractivity contribution in [3.8, 4) is 17.0 Å². The molecule has 0 bridgehead atoms. The molecule has 2 aromatic heterocycles. The van der Waals surface area contributed by atoms with Gasteiger partial charge in [-0.1, -0.05) is 43.3 Å². The number of carboxylic acids is 2. The number of likely N-dealkylation sites (tertiary alicyclic amines) is 1. The molecule has 1 amide bonds. The van der Waals surface area contributed by atoms with Gasteiger partial charge in [-0.05, 0) is 67.6 Å². The first-order chi connectivity index (χ1) is 28.6. The molecule has 1 unspecified atom stereocenters. The van der Waals surface area contributed by atoms with Gasteiger partial charge in [-0.3, -0.25) is 4.79 Å². The molecule has 3 heterocycles. The van der Waals surface area contributed by atoms with E-state index in [1.165, 1.54) is 0 Å². The zero-order valence-corrected chi connectivity index (χ0v) is 33.4. The first-order valence-corrected chi connectivity index (χ1v) is 18.6. The Labute approximate surface area is 345 Å². The number of anilines is 2. The third-order valence-corrected chi connectivity index (χ3v) is 9.34. The maximum Gasteiger partial charge on any atom is 0.490 e. The summed E-state index contributed by atoms with van der Waals surface area (Å²) in [6, 6.07) is 20.4. The quantitative estimate of drug-likeness (QED) is 0.103. The van der Waals surface area contributed by atoms with E-state index in [0.717, 1.165) is 53.5 Å². The zero-order chi connectivity index (χ0) is 45.2. The summed E-state index contributed by atoms with van der Waals surface area (Å²) in [6.07, 6.45) is -4.36. The number of benzene rings is 3. The predicted octanol–water partition coefficient (Wildman–Crippen LogP) is 7.41. The lowest BCUT2D eigenvalue weighted by Crippen LogP contribution is -2.35. The number of imidazole rings is 1. The van der Waals surface area contributed by atoms with Crippen molar-refractivity contribution < 1.29 is 60.1 Å². The molecular weight excluding hydrogens is 819 g/mol. The Morgan fingerprint density at radius 1 is 0.951 bits per heavy atom. The number of nitrogens with two attached hydrogens (primary N) is 1. The number of rotatable bonds is 10. The molecule has 3 aromatic carbocycles. The Hall–Kier alpha value is -6.44. The maximum absolute atomic E-state index is 16.9. The number of ether oxygens (including phenoxy) is 1. The third-order valence-electron chi connectivity index (χ3n) is 9.34. The summed E-state index contributed by atoms with van der Waals surface area (Å²) in [5.74, 6) is -4.88. The fourth-order valence-electron chi connectivity index (χ4n) is 6.02. The predicted molar refractivity (Wildman–Crippen MR) is 212 cm³/mol. The number of likely N-dealkylation sites (N-methyl/N-ethyl adjacent to an activating group) is 1. The van der Waals surface area contributed by atoms with Crippen LogP contribution in [0.3, 0.4) is 0 Å². The van der Waals surface area contributed by atoms with E-state index < -0.39 is 36.2 Å². The number of aryl methyl sites for hydroxylation is 1. The van der Waals surface area contributed by atoms with Gasteiger partial charge in [0, 0.05) is 61.8 Å². The van der Waals surface area contributed by atoms with E-state index in [4.69, 9.17) is 35.3 Å². The van der Waals surface area contributed by atoms with Crippen molar-refractivity contribution in [2.45, 2.75) is 57.2 Å². The van der Waals surface area contributed by atoms with E-state index in [9.17, 15) is 31.1 Å². The number of fused-ring (bicyclic) bond motifs is 1. The summed E-state index contributed by atoms with van der Waals surface area (Å²) in [5, 5.41) is 19.6. The van der Waals surface area contributed by atoms with Gasteiger partial charge in [0.2, 0.25) is 5.91 Å². The van der Waals surface area contributed by atoms with Gasteiger partial charge < -0.3 is 40.4 Å². The highest BCUT2D eigenvalue weighted by Gasteiger charge is 2.39. The van der Waals surface area contributed by atoms with Crippen LogP contribution in [0.2, 0.25) is 0 Å². The summed E-state index contributed by atoms with van der Waals surface area (Å²) in [6.45, 7) is 3.88. The number of alkyl halides is 6. The lowest BCUT2D eigenvalue weighted by atomic mass is 9.99. The van der Waals surface area contributed by atoms with Gasteiger partial charge in [-0.25, -0.2) is 23.9 Å². The van der Waals surface area contributed by atoms with Crippen LogP contribution in [-0.2, 0) is 27.3 Å².